The van der Waals surface area contributed by atoms with Crippen LogP contribution in [-0.4, -0.2) is 72.0 Å². The number of hydrogen-bond donors (Lipinski definition) is 3. The zero-order valence-electron chi connectivity index (χ0n) is 16.9. The third-order valence-corrected chi connectivity index (χ3v) is 4.68. The Morgan fingerprint density at radius 3 is 2.93 bits per heavy atom. The first-order chi connectivity index (χ1) is 13.9. The molecule has 0 aromatic heterocycles. The Hall–Kier alpha value is -3.12. The van der Waals surface area contributed by atoms with Crippen molar-refractivity contribution in [1.82, 2.24) is 15.1 Å². The SMILES string of the molecule is Cc1cccc(NC(=NC2CCCCN(CC(=O)N(C)CCO)C2=O)NC#N)c1. The summed E-state index contributed by atoms with van der Waals surface area (Å²) in [5.74, 6) is -0.274. The normalized spacial score (nSPS) is 17.3. The molecule has 1 aromatic rings. The van der Waals surface area contributed by atoms with Gasteiger partial charge >= 0.3 is 0 Å². The van der Waals surface area contributed by atoms with E-state index in [1.165, 1.54) is 9.80 Å². The molecule has 0 aliphatic carbocycles. The molecule has 1 unspecified atom stereocenters. The van der Waals surface area contributed by atoms with Gasteiger partial charge in [0, 0.05) is 25.8 Å². The molecule has 3 N–H and O–H groups in total. The number of anilines is 1. The molecule has 9 nitrogen and oxygen atoms in total. The van der Waals surface area contributed by atoms with Crippen LogP contribution in [-0.2, 0) is 9.59 Å². The molecule has 2 amide bonds. The first-order valence-corrected chi connectivity index (χ1v) is 9.64. The molecule has 9 heteroatoms. The fourth-order valence-electron chi connectivity index (χ4n) is 3.08. The summed E-state index contributed by atoms with van der Waals surface area (Å²) in [7, 11) is 1.59. The Bertz CT molecular complexity index is 789. The highest BCUT2D eigenvalue weighted by molar-refractivity contribution is 5.97. The fraction of sp³-hybridized carbons (Fsp3) is 0.500. The van der Waals surface area contributed by atoms with Crippen molar-refractivity contribution in [3.05, 3.63) is 29.8 Å². The molecule has 29 heavy (non-hydrogen) atoms. The van der Waals surface area contributed by atoms with Crippen molar-refractivity contribution in [2.45, 2.75) is 32.2 Å². The van der Waals surface area contributed by atoms with Gasteiger partial charge in [-0.05, 0) is 43.9 Å². The van der Waals surface area contributed by atoms with E-state index in [0.717, 1.165) is 24.1 Å². The van der Waals surface area contributed by atoms with Gasteiger partial charge in [0.1, 0.15) is 6.04 Å². The number of carbonyl (C=O) groups is 2. The summed E-state index contributed by atoms with van der Waals surface area (Å²) < 4.78 is 0. The van der Waals surface area contributed by atoms with Crippen molar-refractivity contribution in [3.8, 4) is 6.19 Å². The zero-order valence-corrected chi connectivity index (χ0v) is 16.9. The van der Waals surface area contributed by atoms with Crippen LogP contribution >= 0.6 is 0 Å². The van der Waals surface area contributed by atoms with Gasteiger partial charge in [-0.15, -0.1) is 0 Å². The molecule has 1 aliphatic heterocycles. The quantitative estimate of drug-likeness (QED) is 0.279. The average molecular weight is 400 g/mol. The lowest BCUT2D eigenvalue weighted by Gasteiger charge is -2.25. The van der Waals surface area contributed by atoms with Crippen molar-refractivity contribution in [3.63, 3.8) is 0 Å². The van der Waals surface area contributed by atoms with Crippen LogP contribution in [0.25, 0.3) is 0 Å². The lowest BCUT2D eigenvalue weighted by molar-refractivity contribution is -0.140. The summed E-state index contributed by atoms with van der Waals surface area (Å²) >= 11 is 0. The van der Waals surface area contributed by atoms with Crippen molar-refractivity contribution < 1.29 is 14.7 Å². The molecule has 0 bridgehead atoms. The molecule has 2 rings (SSSR count). The molecule has 1 fully saturated rings. The number of aliphatic hydroxyl groups is 1. The van der Waals surface area contributed by atoms with Crippen molar-refractivity contribution >= 4 is 23.5 Å². The van der Waals surface area contributed by atoms with Crippen molar-refractivity contribution in [2.75, 3.05) is 38.6 Å². The molecule has 1 heterocycles. The standard InChI is InChI=1S/C20H28N6O3/c1-15-6-5-7-16(12-15)23-20(22-14-21)24-17-8-3-4-9-26(19(17)29)13-18(28)25(2)10-11-27/h5-7,12,17,27H,3-4,8-11,13H2,1-2H3,(H2,22,23,24). The number of rotatable bonds is 6. The highest BCUT2D eigenvalue weighted by Gasteiger charge is 2.29. The van der Waals surface area contributed by atoms with E-state index in [9.17, 15) is 9.59 Å². The topological polar surface area (TPSA) is 121 Å². The molecule has 1 aromatic carbocycles. The Kier molecular flexibility index (Phi) is 8.43. The smallest absolute Gasteiger partial charge is 0.247 e. The summed E-state index contributed by atoms with van der Waals surface area (Å²) in [6.07, 6.45) is 3.96. The fourth-order valence-corrected chi connectivity index (χ4v) is 3.08. The molecule has 1 aliphatic rings. The number of nitriles is 1. The average Bonchev–Trinajstić information content (AvgIpc) is 2.84. The van der Waals surface area contributed by atoms with Gasteiger partial charge in [0.15, 0.2) is 6.19 Å². The number of likely N-dealkylation sites (N-methyl/N-ethyl adjacent to an activating group) is 1. The minimum Gasteiger partial charge on any atom is -0.395 e. The third-order valence-electron chi connectivity index (χ3n) is 4.68. The molecule has 0 saturated carbocycles. The second kappa shape index (κ2) is 11.0. The molecule has 0 spiro atoms. The summed E-state index contributed by atoms with van der Waals surface area (Å²) in [5.41, 5.74) is 1.80. The van der Waals surface area contributed by atoms with Gasteiger partial charge in [0.05, 0.1) is 13.2 Å². The lowest BCUT2D eigenvalue weighted by Crippen LogP contribution is -2.45. The van der Waals surface area contributed by atoms with Crippen molar-refractivity contribution in [1.29, 1.82) is 5.26 Å². The number of nitrogens with zero attached hydrogens (tertiary/aromatic N) is 4. The minimum atomic E-state index is -0.679. The first-order valence-electron chi connectivity index (χ1n) is 9.64. The van der Waals surface area contributed by atoms with Gasteiger partial charge in [0.25, 0.3) is 0 Å². The van der Waals surface area contributed by atoms with E-state index in [1.54, 1.807) is 7.05 Å². The Morgan fingerprint density at radius 2 is 2.24 bits per heavy atom. The first kappa shape index (κ1) is 22.2. The molecule has 0 radical (unpaired) electrons. The van der Waals surface area contributed by atoms with Crippen LogP contribution in [0, 0.1) is 18.4 Å². The number of benzene rings is 1. The van der Waals surface area contributed by atoms with E-state index in [1.807, 2.05) is 37.4 Å². The Labute approximate surface area is 171 Å². The highest BCUT2D eigenvalue weighted by atomic mass is 16.3. The number of carbonyl (C=O) groups excluding carboxylic acids is 2. The number of likely N-dealkylation sites (tertiary alicyclic amines) is 1. The Balaban J connectivity index is 2.15. The van der Waals surface area contributed by atoms with Crippen LogP contribution in [0.15, 0.2) is 29.3 Å². The second-order valence-electron chi connectivity index (χ2n) is 7.02. The summed E-state index contributed by atoms with van der Waals surface area (Å²) in [6, 6.07) is 6.91. The maximum Gasteiger partial charge on any atom is 0.247 e. The van der Waals surface area contributed by atoms with Crippen LogP contribution in [0.4, 0.5) is 5.69 Å². The second-order valence-corrected chi connectivity index (χ2v) is 7.02. The largest absolute Gasteiger partial charge is 0.395 e. The number of hydrogen-bond acceptors (Lipinski definition) is 5. The minimum absolute atomic E-state index is 0.0479. The summed E-state index contributed by atoms with van der Waals surface area (Å²) in [4.78, 5) is 32.6. The molecule has 1 saturated heterocycles. The van der Waals surface area contributed by atoms with Crippen LogP contribution in [0.1, 0.15) is 24.8 Å². The van der Waals surface area contributed by atoms with E-state index >= 15 is 0 Å². The zero-order chi connectivity index (χ0) is 21.2. The number of aliphatic hydroxyl groups excluding tert-OH is 1. The van der Waals surface area contributed by atoms with E-state index < -0.39 is 6.04 Å². The lowest BCUT2D eigenvalue weighted by atomic mass is 10.1. The Morgan fingerprint density at radius 1 is 1.45 bits per heavy atom. The van der Waals surface area contributed by atoms with E-state index in [2.05, 4.69) is 15.6 Å². The number of amides is 2. The third kappa shape index (κ3) is 6.76. The predicted molar refractivity (Wildman–Crippen MR) is 110 cm³/mol. The number of guanidine groups is 1. The van der Waals surface area contributed by atoms with Gasteiger partial charge in [-0.3, -0.25) is 14.9 Å². The van der Waals surface area contributed by atoms with Gasteiger partial charge in [-0.25, -0.2) is 4.99 Å². The number of aryl methyl sites for hydroxylation is 1. The van der Waals surface area contributed by atoms with Gasteiger partial charge in [-0.1, -0.05) is 12.1 Å². The molecular formula is C20H28N6O3. The molecule has 156 valence electrons. The summed E-state index contributed by atoms with van der Waals surface area (Å²) in [5, 5.41) is 23.6. The van der Waals surface area contributed by atoms with E-state index in [4.69, 9.17) is 10.4 Å². The maximum atomic E-state index is 13.0. The number of nitrogens with one attached hydrogen (secondary N) is 2. The monoisotopic (exact) mass is 400 g/mol. The number of aliphatic imine (C=N–C) groups is 1. The van der Waals surface area contributed by atoms with E-state index in [0.29, 0.717) is 13.0 Å². The van der Waals surface area contributed by atoms with Gasteiger partial charge < -0.3 is 20.2 Å². The highest BCUT2D eigenvalue weighted by Crippen LogP contribution is 2.16. The summed E-state index contributed by atoms with van der Waals surface area (Å²) in [6.45, 7) is 2.48. The van der Waals surface area contributed by atoms with Crippen LogP contribution in [0.2, 0.25) is 0 Å². The van der Waals surface area contributed by atoms with Crippen LogP contribution in [0.3, 0.4) is 0 Å². The predicted octanol–water partition coefficient (Wildman–Crippen LogP) is 0.665. The van der Waals surface area contributed by atoms with Crippen molar-refractivity contribution in [2.24, 2.45) is 4.99 Å². The van der Waals surface area contributed by atoms with Crippen LogP contribution < -0.4 is 10.6 Å². The van der Waals surface area contributed by atoms with Gasteiger partial charge in [0.2, 0.25) is 17.8 Å². The molecular weight excluding hydrogens is 372 g/mol. The molecule has 1 atom stereocenters. The maximum absolute atomic E-state index is 13.0. The van der Waals surface area contributed by atoms with Crippen LogP contribution in [0.5, 0.6) is 0 Å². The van der Waals surface area contributed by atoms with Gasteiger partial charge in [-0.2, -0.15) is 5.26 Å². The van der Waals surface area contributed by atoms with E-state index in [-0.39, 0.29) is 37.5 Å².